The average molecular weight is 282 g/mol. The Bertz CT molecular complexity index is 753. The van der Waals surface area contributed by atoms with Gasteiger partial charge in [-0.1, -0.05) is 36.4 Å². The van der Waals surface area contributed by atoms with E-state index in [1.165, 1.54) is 6.07 Å². The number of hydrogen-bond acceptors (Lipinski definition) is 2. The van der Waals surface area contributed by atoms with E-state index < -0.39 is 11.7 Å². The summed E-state index contributed by atoms with van der Waals surface area (Å²) in [6, 6.07) is 12.7. The first-order valence-electron chi connectivity index (χ1n) is 7.18. The van der Waals surface area contributed by atoms with Gasteiger partial charge < -0.3 is 4.74 Å². The van der Waals surface area contributed by atoms with Crippen LogP contribution in [0.25, 0.3) is 0 Å². The van der Waals surface area contributed by atoms with Crippen molar-refractivity contribution in [3.63, 3.8) is 0 Å². The van der Waals surface area contributed by atoms with E-state index in [0.29, 0.717) is 12.0 Å². The van der Waals surface area contributed by atoms with Crippen molar-refractivity contribution in [2.45, 2.75) is 31.5 Å². The molecule has 3 heteroatoms. The number of fused-ring (bicyclic) bond motifs is 1. The Labute approximate surface area is 122 Å². The van der Waals surface area contributed by atoms with Crippen LogP contribution in [-0.4, -0.2) is 11.4 Å². The number of epoxide rings is 1. The molecule has 4 rings (SSSR count). The summed E-state index contributed by atoms with van der Waals surface area (Å²) in [5.74, 6) is -0.294. The van der Waals surface area contributed by atoms with Crippen LogP contribution in [-0.2, 0) is 11.2 Å². The summed E-state index contributed by atoms with van der Waals surface area (Å²) in [4.78, 5) is 12.7. The number of carbonyl (C=O) groups is 1. The lowest BCUT2D eigenvalue weighted by atomic mass is 9.79. The second-order valence-corrected chi connectivity index (χ2v) is 5.90. The topological polar surface area (TPSA) is 29.6 Å². The molecule has 106 valence electrons. The van der Waals surface area contributed by atoms with E-state index in [1.54, 1.807) is 6.07 Å². The summed E-state index contributed by atoms with van der Waals surface area (Å²) in [6.45, 7) is 1.85. The predicted octanol–water partition coefficient (Wildman–Crippen LogP) is 3.77. The molecule has 1 fully saturated rings. The molecule has 2 aromatic carbocycles. The van der Waals surface area contributed by atoms with E-state index in [2.05, 4.69) is 0 Å². The van der Waals surface area contributed by atoms with Gasteiger partial charge in [0.05, 0.1) is 0 Å². The van der Waals surface area contributed by atoms with Crippen LogP contribution in [0, 0.1) is 12.7 Å². The zero-order valence-corrected chi connectivity index (χ0v) is 11.7. The van der Waals surface area contributed by atoms with Crippen molar-refractivity contribution in [3.05, 3.63) is 70.5 Å². The molecule has 21 heavy (non-hydrogen) atoms. The van der Waals surface area contributed by atoms with Gasteiger partial charge in [-0.3, -0.25) is 4.79 Å². The molecular formula is C18H15FO2. The molecule has 1 saturated heterocycles. The van der Waals surface area contributed by atoms with Gasteiger partial charge >= 0.3 is 0 Å². The molecule has 0 bridgehead atoms. The zero-order valence-electron chi connectivity index (χ0n) is 11.7. The molecule has 1 heterocycles. The number of ether oxygens (including phenoxy) is 1. The number of rotatable bonds is 1. The third-order valence-electron chi connectivity index (χ3n) is 4.54. The van der Waals surface area contributed by atoms with Crippen molar-refractivity contribution in [1.29, 1.82) is 0 Å². The Morgan fingerprint density at radius 3 is 2.86 bits per heavy atom. The largest absolute Gasteiger partial charge is 0.352 e. The summed E-state index contributed by atoms with van der Waals surface area (Å²) in [5, 5.41) is 0. The summed E-state index contributed by atoms with van der Waals surface area (Å²) < 4.78 is 19.8. The number of hydrogen-bond donors (Lipinski definition) is 0. The Balaban J connectivity index is 1.71. The monoisotopic (exact) mass is 282 g/mol. The van der Waals surface area contributed by atoms with Gasteiger partial charge in [-0.15, -0.1) is 0 Å². The van der Waals surface area contributed by atoms with Gasteiger partial charge in [0, 0.05) is 11.1 Å². The third-order valence-corrected chi connectivity index (χ3v) is 4.54. The summed E-state index contributed by atoms with van der Waals surface area (Å²) in [7, 11) is 0. The van der Waals surface area contributed by atoms with E-state index in [4.69, 9.17) is 4.74 Å². The van der Waals surface area contributed by atoms with Crippen LogP contribution in [0.3, 0.4) is 0 Å². The van der Waals surface area contributed by atoms with E-state index >= 15 is 0 Å². The van der Waals surface area contributed by atoms with E-state index in [-0.39, 0.29) is 11.6 Å². The number of halogens is 1. The Hall–Kier alpha value is -2.00. The van der Waals surface area contributed by atoms with Gasteiger partial charge in [0.2, 0.25) is 0 Å². The van der Waals surface area contributed by atoms with Crippen molar-refractivity contribution in [3.8, 4) is 0 Å². The van der Waals surface area contributed by atoms with Crippen LogP contribution >= 0.6 is 0 Å². The molecule has 2 atom stereocenters. The number of carbonyl (C=O) groups excluding carboxylic acids is 1. The number of Topliss-reactive ketones (excluding diaryl/α,β-unsaturated/α-hetero) is 1. The quantitative estimate of drug-likeness (QED) is 0.745. The standard InChI is InChI=1S/C18H15FO2/c1-11-6-7-14(15(19)10-11)17-18(21-17)9-8-12-4-2-3-5-13(12)16(18)20/h2-7,10,17H,8-9H2,1H3. The molecule has 0 N–H and O–H groups in total. The number of ketones is 1. The van der Waals surface area contributed by atoms with Crippen LogP contribution < -0.4 is 0 Å². The molecule has 1 aliphatic heterocycles. The van der Waals surface area contributed by atoms with Crippen molar-refractivity contribution < 1.29 is 13.9 Å². The maximum Gasteiger partial charge on any atom is 0.198 e. The van der Waals surface area contributed by atoms with Gasteiger partial charge in [0.25, 0.3) is 0 Å². The molecule has 2 aromatic rings. The van der Waals surface area contributed by atoms with Crippen molar-refractivity contribution >= 4 is 5.78 Å². The lowest BCUT2D eigenvalue weighted by Gasteiger charge is -2.21. The molecule has 1 aliphatic carbocycles. The first kappa shape index (κ1) is 12.7. The van der Waals surface area contributed by atoms with Crippen LogP contribution in [0.4, 0.5) is 4.39 Å². The summed E-state index contributed by atoms with van der Waals surface area (Å²) in [6.07, 6.45) is 0.978. The fraction of sp³-hybridized carbons (Fsp3) is 0.278. The van der Waals surface area contributed by atoms with Gasteiger partial charge in [-0.05, 0) is 37.0 Å². The Kier molecular flexibility index (Phi) is 2.57. The van der Waals surface area contributed by atoms with Gasteiger partial charge in [-0.25, -0.2) is 4.39 Å². The van der Waals surface area contributed by atoms with Crippen molar-refractivity contribution in [2.75, 3.05) is 0 Å². The highest BCUT2D eigenvalue weighted by Crippen LogP contribution is 2.56. The first-order valence-corrected chi connectivity index (χ1v) is 7.18. The minimum atomic E-state index is -0.843. The summed E-state index contributed by atoms with van der Waals surface area (Å²) in [5.41, 5.74) is 2.30. The maximum atomic E-state index is 14.1. The highest BCUT2D eigenvalue weighted by Gasteiger charge is 2.64. The molecule has 0 aromatic heterocycles. The Morgan fingerprint density at radius 1 is 1.24 bits per heavy atom. The molecule has 2 nitrogen and oxygen atoms in total. The lowest BCUT2D eigenvalue weighted by molar-refractivity contribution is 0.0850. The summed E-state index contributed by atoms with van der Waals surface area (Å²) >= 11 is 0. The second kappa shape index (κ2) is 4.25. The van der Waals surface area contributed by atoms with Crippen LogP contribution in [0.1, 0.15) is 39.6 Å². The first-order chi connectivity index (χ1) is 10.1. The lowest BCUT2D eigenvalue weighted by Crippen LogP contribution is -2.31. The van der Waals surface area contributed by atoms with Crippen LogP contribution in [0.2, 0.25) is 0 Å². The molecule has 1 spiro atoms. The highest BCUT2D eigenvalue weighted by molar-refractivity contribution is 6.07. The second-order valence-electron chi connectivity index (χ2n) is 5.90. The fourth-order valence-corrected chi connectivity index (χ4v) is 3.32. The minimum absolute atomic E-state index is 0.00525. The fourth-order valence-electron chi connectivity index (χ4n) is 3.32. The molecule has 2 unspecified atom stereocenters. The van der Waals surface area contributed by atoms with Gasteiger partial charge in [0.15, 0.2) is 11.4 Å². The number of aryl methyl sites for hydroxylation is 2. The third kappa shape index (κ3) is 1.77. The van der Waals surface area contributed by atoms with E-state index in [1.807, 2.05) is 37.3 Å². The predicted molar refractivity (Wildman–Crippen MR) is 76.8 cm³/mol. The molecule has 0 radical (unpaired) electrons. The molecular weight excluding hydrogens is 267 g/mol. The van der Waals surface area contributed by atoms with Crippen LogP contribution in [0.5, 0.6) is 0 Å². The average Bonchev–Trinajstić information content (AvgIpc) is 3.19. The van der Waals surface area contributed by atoms with E-state index in [0.717, 1.165) is 23.1 Å². The van der Waals surface area contributed by atoms with E-state index in [9.17, 15) is 9.18 Å². The molecule has 2 aliphatic rings. The maximum absolute atomic E-state index is 14.1. The smallest absolute Gasteiger partial charge is 0.198 e. The normalized spacial score (nSPS) is 26.8. The SMILES string of the molecule is Cc1ccc(C2OC23CCc2ccccc2C3=O)c(F)c1. The molecule has 0 amide bonds. The van der Waals surface area contributed by atoms with Gasteiger partial charge in [-0.2, -0.15) is 0 Å². The highest BCUT2D eigenvalue weighted by atomic mass is 19.1. The zero-order chi connectivity index (χ0) is 14.6. The number of benzene rings is 2. The van der Waals surface area contributed by atoms with Gasteiger partial charge in [0.1, 0.15) is 11.9 Å². The Morgan fingerprint density at radius 2 is 2.05 bits per heavy atom. The molecule has 0 saturated carbocycles. The van der Waals surface area contributed by atoms with Crippen LogP contribution in [0.15, 0.2) is 42.5 Å². The van der Waals surface area contributed by atoms with Crippen molar-refractivity contribution in [2.24, 2.45) is 0 Å². The minimum Gasteiger partial charge on any atom is -0.352 e. The van der Waals surface area contributed by atoms with Crippen molar-refractivity contribution in [1.82, 2.24) is 0 Å².